The number of hydrogen-bond donors (Lipinski definition) is 5. The molecule has 3 fully saturated rings. The topological polar surface area (TPSA) is 298 Å². The minimum atomic E-state index is -4.94. The van der Waals surface area contributed by atoms with Crippen molar-refractivity contribution in [2.45, 2.75) is 49.3 Å². The average Bonchev–Trinajstić information content (AvgIpc) is 3.74. The number of nitrogens with zero attached hydrogens (tertiary/aromatic N) is 7. The molecule has 0 amide bonds. The number of H-pyrrole nitrogens is 1. The van der Waals surface area contributed by atoms with Gasteiger partial charge in [-0.15, -0.1) is 0 Å². The molecule has 7 rings (SSSR count). The zero-order chi connectivity index (χ0) is 31.7. The molecule has 3 aliphatic heterocycles. The van der Waals surface area contributed by atoms with Gasteiger partial charge in [0.15, 0.2) is 28.9 Å². The minimum Gasteiger partial charge on any atom is -0.382 e. The molecule has 45 heavy (non-hydrogen) atoms. The minimum absolute atomic E-state index is 0.0247. The second-order valence-electron chi connectivity index (χ2n) is 10.3. The van der Waals surface area contributed by atoms with Crippen LogP contribution in [0.2, 0.25) is 0 Å². The molecular formula is C21H26N11O11PS. The Balaban J connectivity index is 1.21. The van der Waals surface area contributed by atoms with E-state index in [1.807, 2.05) is 0 Å². The molecule has 8 unspecified atom stereocenters. The van der Waals surface area contributed by atoms with Gasteiger partial charge in [-0.05, 0) is 0 Å². The van der Waals surface area contributed by atoms with Crippen molar-refractivity contribution in [2.24, 2.45) is 0 Å². The first-order chi connectivity index (χ1) is 21.4. The number of methoxy groups -OCH3 is 1. The van der Waals surface area contributed by atoms with Crippen molar-refractivity contribution < 1.29 is 45.3 Å². The summed E-state index contributed by atoms with van der Waals surface area (Å²) in [5, 5.41) is 0. The van der Waals surface area contributed by atoms with E-state index in [-0.39, 0.29) is 29.4 Å². The van der Waals surface area contributed by atoms with E-state index in [1.54, 1.807) is 0 Å². The van der Waals surface area contributed by atoms with Gasteiger partial charge < -0.3 is 30.6 Å². The van der Waals surface area contributed by atoms with Gasteiger partial charge in [-0.25, -0.2) is 24.5 Å². The summed E-state index contributed by atoms with van der Waals surface area (Å²) in [6.07, 6.45) is -3.18. The van der Waals surface area contributed by atoms with E-state index in [1.165, 1.54) is 35.2 Å². The molecule has 0 saturated carbocycles. The number of phosphoric ester groups is 1. The lowest BCUT2D eigenvalue weighted by molar-refractivity contribution is -0.0535. The molecule has 22 nitrogen and oxygen atoms in total. The van der Waals surface area contributed by atoms with Crippen molar-refractivity contribution in [1.29, 1.82) is 0 Å². The van der Waals surface area contributed by atoms with Crippen LogP contribution in [0.15, 0.2) is 23.8 Å². The molecule has 4 aromatic rings. The van der Waals surface area contributed by atoms with Gasteiger partial charge >= 0.3 is 18.1 Å². The Bertz CT molecular complexity index is 1990. The molecule has 0 spiro atoms. The molecule has 8 atom stereocenters. The van der Waals surface area contributed by atoms with Crippen molar-refractivity contribution in [3.63, 3.8) is 0 Å². The highest BCUT2D eigenvalue weighted by Gasteiger charge is 2.52. The SMILES string of the molecule is COC1C2COS(=O)(=O)NC3CC(n4cnc5c(N)ncnc54)OC3COP(=O)(O)OC1C(n1cnc3c(=O)[nH]c(N)nc31)O2. The number of phosphoric acid groups is 1. The van der Waals surface area contributed by atoms with Gasteiger partial charge in [-0.1, -0.05) is 0 Å². The Morgan fingerprint density at radius 1 is 1.07 bits per heavy atom. The highest BCUT2D eigenvalue weighted by molar-refractivity contribution is 7.84. The number of imidazole rings is 2. The highest BCUT2D eigenvalue weighted by Crippen LogP contribution is 2.50. The zero-order valence-electron chi connectivity index (χ0n) is 23.1. The summed E-state index contributed by atoms with van der Waals surface area (Å²) in [5.41, 5.74) is 11.4. The van der Waals surface area contributed by atoms with Gasteiger partial charge in [-0.3, -0.25) is 32.1 Å². The summed E-state index contributed by atoms with van der Waals surface area (Å²) in [6.45, 7) is -1.20. The Hall–Kier alpha value is -3.64. The predicted octanol–water partition coefficient (Wildman–Crippen LogP) is -1.94. The molecular weight excluding hydrogens is 645 g/mol. The van der Waals surface area contributed by atoms with Crippen molar-refractivity contribution >= 4 is 52.2 Å². The highest BCUT2D eigenvalue weighted by atomic mass is 32.2. The van der Waals surface area contributed by atoms with Crippen LogP contribution in [0.5, 0.6) is 0 Å². The third-order valence-corrected chi connectivity index (χ3v) is 9.58. The lowest BCUT2D eigenvalue weighted by atomic mass is 10.1. The number of aromatic nitrogens is 8. The standard InChI is InChI=1S/C21H26N11O11PS/c1-38-14-10-4-40-45(36,37)30-8-2-11(31-6-26-12-16(22)24-5-25-17(12)31)41-9(8)3-39-44(34,35)43-15(14)20(42-10)32-7-27-13-18(32)28-21(23)29-19(13)33/h5-11,14-15,20,30H,2-4H2,1H3,(H,34,35)(H2,22,24,25)(H3,23,28,29,33). The number of ether oxygens (including phenoxy) is 3. The Kier molecular flexibility index (Phi) is 7.35. The molecule has 0 radical (unpaired) electrons. The van der Waals surface area contributed by atoms with Gasteiger partial charge in [0.1, 0.15) is 42.5 Å². The number of fused-ring (bicyclic) bond motifs is 5. The fraction of sp³-hybridized carbons (Fsp3) is 0.524. The van der Waals surface area contributed by atoms with Crippen LogP contribution in [-0.2, 0) is 42.3 Å². The Morgan fingerprint density at radius 2 is 1.84 bits per heavy atom. The fourth-order valence-corrected chi connectivity index (χ4v) is 7.51. The lowest BCUT2D eigenvalue weighted by Crippen LogP contribution is -2.44. The Morgan fingerprint density at radius 3 is 2.64 bits per heavy atom. The van der Waals surface area contributed by atoms with Crippen molar-refractivity contribution in [2.75, 3.05) is 31.8 Å². The number of nitrogen functional groups attached to an aromatic ring is 2. The normalized spacial score (nSPS) is 33.9. The number of hydrogen-bond acceptors (Lipinski definition) is 17. The third-order valence-electron chi connectivity index (χ3n) is 7.56. The Labute approximate surface area is 251 Å². The van der Waals surface area contributed by atoms with E-state index in [4.69, 9.17) is 38.9 Å². The van der Waals surface area contributed by atoms with Gasteiger partial charge in [0.05, 0.1) is 31.9 Å². The third kappa shape index (κ3) is 5.45. The van der Waals surface area contributed by atoms with Crippen LogP contribution in [-0.4, -0.2) is 103 Å². The summed E-state index contributed by atoms with van der Waals surface area (Å²) in [4.78, 5) is 45.9. The van der Waals surface area contributed by atoms with E-state index >= 15 is 0 Å². The number of rotatable bonds is 3. The summed E-state index contributed by atoms with van der Waals surface area (Å²) in [6, 6.07) is -0.992. The number of nitrogens with one attached hydrogen (secondary N) is 2. The van der Waals surface area contributed by atoms with Crippen molar-refractivity contribution in [3.8, 4) is 0 Å². The van der Waals surface area contributed by atoms with Crippen LogP contribution in [0, 0.1) is 0 Å². The van der Waals surface area contributed by atoms with Crippen LogP contribution in [0.1, 0.15) is 18.9 Å². The predicted molar refractivity (Wildman–Crippen MR) is 148 cm³/mol. The number of anilines is 2. The molecule has 242 valence electrons. The maximum atomic E-state index is 13.3. The van der Waals surface area contributed by atoms with Gasteiger partial charge in [0.2, 0.25) is 5.95 Å². The maximum absolute atomic E-state index is 13.3. The molecule has 3 saturated heterocycles. The summed E-state index contributed by atoms with van der Waals surface area (Å²) in [7, 11) is -8.15. The molecule has 3 aliphatic rings. The molecule has 24 heteroatoms. The van der Waals surface area contributed by atoms with E-state index in [2.05, 4.69) is 34.6 Å². The van der Waals surface area contributed by atoms with Crippen molar-refractivity contribution in [3.05, 3.63) is 29.3 Å². The van der Waals surface area contributed by atoms with E-state index in [0.29, 0.717) is 11.2 Å². The second kappa shape index (κ2) is 11.0. The van der Waals surface area contributed by atoms with E-state index < -0.39 is 79.8 Å². The maximum Gasteiger partial charge on any atom is 0.472 e. The molecule has 7 heterocycles. The first kappa shape index (κ1) is 30.0. The fourth-order valence-electron chi connectivity index (χ4n) is 5.58. The first-order valence-corrected chi connectivity index (χ1v) is 16.1. The molecule has 2 bridgehead atoms. The first-order valence-electron chi connectivity index (χ1n) is 13.2. The van der Waals surface area contributed by atoms with Crippen molar-refractivity contribution in [1.82, 2.24) is 43.8 Å². The lowest BCUT2D eigenvalue weighted by Gasteiger charge is -2.26. The van der Waals surface area contributed by atoms with Crippen LogP contribution < -0.4 is 21.7 Å². The summed E-state index contributed by atoms with van der Waals surface area (Å²) < 4.78 is 78.5. The van der Waals surface area contributed by atoms with Gasteiger partial charge in [-0.2, -0.15) is 18.1 Å². The van der Waals surface area contributed by atoms with E-state index in [0.717, 1.165) is 0 Å². The smallest absolute Gasteiger partial charge is 0.382 e. The quantitative estimate of drug-likeness (QED) is 0.148. The van der Waals surface area contributed by atoms with Gasteiger partial charge in [0.25, 0.3) is 5.56 Å². The van der Waals surface area contributed by atoms with Crippen LogP contribution in [0.3, 0.4) is 0 Å². The van der Waals surface area contributed by atoms with Gasteiger partial charge in [0, 0.05) is 13.5 Å². The second-order valence-corrected chi connectivity index (χ2v) is 13.1. The average molecular weight is 672 g/mol. The van der Waals surface area contributed by atoms with Crippen LogP contribution in [0.25, 0.3) is 22.3 Å². The largest absolute Gasteiger partial charge is 0.472 e. The molecule has 7 N–H and O–H groups in total. The van der Waals surface area contributed by atoms with Crippen LogP contribution >= 0.6 is 7.82 Å². The molecule has 4 aromatic heterocycles. The number of aromatic amines is 1. The van der Waals surface area contributed by atoms with E-state index in [9.17, 15) is 22.7 Å². The van der Waals surface area contributed by atoms with Crippen LogP contribution in [0.4, 0.5) is 11.8 Å². The molecule has 0 aliphatic carbocycles. The summed E-state index contributed by atoms with van der Waals surface area (Å²) >= 11 is 0. The number of nitrogens with two attached hydrogens (primary N) is 2. The summed E-state index contributed by atoms with van der Waals surface area (Å²) in [5.74, 6) is -0.0956. The molecule has 0 aromatic carbocycles. The monoisotopic (exact) mass is 671 g/mol. The zero-order valence-corrected chi connectivity index (χ0v) is 24.8.